The van der Waals surface area contributed by atoms with E-state index in [4.69, 9.17) is 4.74 Å². The number of nitrogens with one attached hydrogen (secondary N) is 1. The molecule has 1 aromatic heterocycles. The maximum Gasteiger partial charge on any atom is 0.341 e. The molecular weight excluding hydrogens is 348 g/mol. The van der Waals surface area contributed by atoms with Gasteiger partial charge in [0.05, 0.1) is 18.2 Å². The summed E-state index contributed by atoms with van der Waals surface area (Å²) in [5.41, 5.74) is 1.70. The number of carbonyl (C=O) groups is 2. The van der Waals surface area contributed by atoms with E-state index in [2.05, 4.69) is 17.6 Å². The number of anilines is 1. The second-order valence-corrected chi connectivity index (χ2v) is 8.77. The fourth-order valence-corrected chi connectivity index (χ4v) is 5.49. The van der Waals surface area contributed by atoms with E-state index >= 15 is 0 Å². The van der Waals surface area contributed by atoms with Crippen LogP contribution in [-0.4, -0.2) is 31.1 Å². The van der Waals surface area contributed by atoms with Crippen LogP contribution in [0.25, 0.3) is 0 Å². The molecule has 3 rings (SSSR count). The first-order chi connectivity index (χ1) is 12.6. The fraction of sp³-hybridized carbons (Fsp3) is 0.700. The zero-order chi connectivity index (χ0) is 18.5. The normalized spacial score (nSPS) is 20.5. The lowest BCUT2D eigenvalue weighted by Gasteiger charge is -2.19. The van der Waals surface area contributed by atoms with E-state index in [0.29, 0.717) is 35.7 Å². The maximum atomic E-state index is 12.5. The van der Waals surface area contributed by atoms with Gasteiger partial charge in [-0.2, -0.15) is 0 Å². The van der Waals surface area contributed by atoms with Crippen molar-refractivity contribution in [2.45, 2.75) is 71.3 Å². The summed E-state index contributed by atoms with van der Waals surface area (Å²) in [5.74, 6) is 0.304. The summed E-state index contributed by atoms with van der Waals surface area (Å²) >= 11 is 1.56. The first kappa shape index (κ1) is 19.4. The SMILES string of the molecule is CCOC(=O)c1c(NC(=O)C[NH2+]C2CCCCC2)sc2c1CCC(C)C2. The van der Waals surface area contributed by atoms with E-state index in [0.717, 1.165) is 24.8 Å². The van der Waals surface area contributed by atoms with Gasteiger partial charge in [0.2, 0.25) is 0 Å². The molecule has 0 aliphatic heterocycles. The molecule has 1 atom stereocenters. The Balaban J connectivity index is 1.69. The van der Waals surface area contributed by atoms with Gasteiger partial charge >= 0.3 is 5.97 Å². The molecule has 1 aromatic rings. The van der Waals surface area contributed by atoms with Crippen molar-refractivity contribution in [1.29, 1.82) is 0 Å². The summed E-state index contributed by atoms with van der Waals surface area (Å²) in [6, 6.07) is 0.566. The molecule has 6 heteroatoms. The van der Waals surface area contributed by atoms with Crippen LogP contribution in [0.1, 0.15) is 73.2 Å². The summed E-state index contributed by atoms with van der Waals surface area (Å²) in [7, 11) is 0. The number of quaternary nitrogens is 1. The minimum atomic E-state index is -0.300. The average molecular weight is 380 g/mol. The highest BCUT2D eigenvalue weighted by Gasteiger charge is 2.29. The molecule has 0 spiro atoms. The first-order valence-corrected chi connectivity index (χ1v) is 10.8. The number of fused-ring (bicyclic) bond motifs is 1. The Hall–Kier alpha value is -1.40. The van der Waals surface area contributed by atoms with E-state index in [1.807, 2.05) is 6.92 Å². The Kier molecular flexibility index (Phi) is 6.70. The number of ether oxygens (including phenoxy) is 1. The highest BCUT2D eigenvalue weighted by Crippen LogP contribution is 2.40. The number of amides is 1. The molecule has 1 heterocycles. The lowest BCUT2D eigenvalue weighted by molar-refractivity contribution is -0.681. The van der Waals surface area contributed by atoms with Crippen LogP contribution >= 0.6 is 11.3 Å². The van der Waals surface area contributed by atoms with Crippen molar-refractivity contribution in [2.24, 2.45) is 5.92 Å². The third-order valence-electron chi connectivity index (χ3n) is 5.53. The minimum absolute atomic E-state index is 0.0206. The molecule has 0 radical (unpaired) electrons. The van der Waals surface area contributed by atoms with Crippen LogP contribution in [0.4, 0.5) is 5.00 Å². The molecule has 0 saturated heterocycles. The highest BCUT2D eigenvalue weighted by atomic mass is 32.1. The van der Waals surface area contributed by atoms with Gasteiger partial charge in [-0.3, -0.25) is 4.79 Å². The van der Waals surface area contributed by atoms with Crippen molar-refractivity contribution < 1.29 is 19.6 Å². The van der Waals surface area contributed by atoms with Crippen molar-refractivity contribution in [3.8, 4) is 0 Å². The summed E-state index contributed by atoms with van der Waals surface area (Å²) in [5, 5.41) is 5.85. The number of thiophene rings is 1. The quantitative estimate of drug-likeness (QED) is 0.747. The van der Waals surface area contributed by atoms with Crippen molar-refractivity contribution in [3.05, 3.63) is 16.0 Å². The molecule has 1 saturated carbocycles. The molecule has 26 heavy (non-hydrogen) atoms. The molecule has 3 N–H and O–H groups in total. The minimum Gasteiger partial charge on any atom is -0.462 e. The standard InChI is InChI=1S/C20H30N2O3S/c1-3-25-20(24)18-15-10-9-13(2)11-16(15)26-19(18)22-17(23)12-21-14-7-5-4-6-8-14/h13-14,21H,3-12H2,1-2H3,(H,22,23)/p+1. The lowest BCUT2D eigenvalue weighted by Crippen LogP contribution is -2.91. The van der Waals surface area contributed by atoms with E-state index in [-0.39, 0.29) is 11.9 Å². The van der Waals surface area contributed by atoms with Crippen LogP contribution in [0.15, 0.2) is 0 Å². The number of hydrogen-bond acceptors (Lipinski definition) is 4. The molecule has 144 valence electrons. The van der Waals surface area contributed by atoms with Crippen molar-refractivity contribution >= 4 is 28.2 Å². The number of carbonyl (C=O) groups excluding carboxylic acids is 2. The largest absolute Gasteiger partial charge is 0.462 e. The predicted molar refractivity (Wildman–Crippen MR) is 104 cm³/mol. The van der Waals surface area contributed by atoms with Gasteiger partial charge in [0.15, 0.2) is 6.54 Å². The van der Waals surface area contributed by atoms with Gasteiger partial charge in [-0.25, -0.2) is 4.79 Å². The highest BCUT2D eigenvalue weighted by molar-refractivity contribution is 7.17. The smallest absolute Gasteiger partial charge is 0.341 e. The third kappa shape index (κ3) is 4.65. The van der Waals surface area contributed by atoms with Crippen LogP contribution in [0.5, 0.6) is 0 Å². The van der Waals surface area contributed by atoms with Crippen molar-refractivity contribution in [1.82, 2.24) is 0 Å². The van der Waals surface area contributed by atoms with Gasteiger partial charge in [0, 0.05) is 4.88 Å². The molecule has 2 aliphatic rings. The Morgan fingerprint density at radius 1 is 1.23 bits per heavy atom. The molecular formula is C20H31N2O3S+. The molecule has 2 aliphatic carbocycles. The fourth-order valence-electron chi connectivity index (χ4n) is 4.08. The molecule has 1 fully saturated rings. The third-order valence-corrected chi connectivity index (χ3v) is 6.70. The summed E-state index contributed by atoms with van der Waals surface area (Å²) < 4.78 is 5.27. The Labute approximate surface area is 159 Å². The van der Waals surface area contributed by atoms with Crippen molar-refractivity contribution in [3.63, 3.8) is 0 Å². The number of rotatable bonds is 6. The second kappa shape index (κ2) is 9.00. The van der Waals surface area contributed by atoms with Crippen LogP contribution in [0.3, 0.4) is 0 Å². The van der Waals surface area contributed by atoms with Gasteiger partial charge in [-0.15, -0.1) is 11.3 Å². The summed E-state index contributed by atoms with van der Waals surface area (Å²) in [6.07, 6.45) is 9.22. The average Bonchev–Trinajstić information content (AvgIpc) is 2.98. The Bertz CT molecular complexity index is 650. The van der Waals surface area contributed by atoms with Gasteiger partial charge in [-0.1, -0.05) is 13.3 Å². The Morgan fingerprint density at radius 3 is 2.73 bits per heavy atom. The van der Waals surface area contributed by atoms with Crippen LogP contribution in [0.2, 0.25) is 0 Å². The van der Waals surface area contributed by atoms with E-state index in [1.54, 1.807) is 11.3 Å². The number of hydrogen-bond donors (Lipinski definition) is 2. The topological polar surface area (TPSA) is 72.0 Å². The molecule has 1 amide bonds. The second-order valence-electron chi connectivity index (χ2n) is 7.66. The van der Waals surface area contributed by atoms with Gasteiger partial charge in [-0.05, 0) is 63.4 Å². The zero-order valence-electron chi connectivity index (χ0n) is 15.9. The zero-order valence-corrected chi connectivity index (χ0v) is 16.8. The molecule has 0 aromatic carbocycles. The lowest BCUT2D eigenvalue weighted by atomic mass is 9.88. The van der Waals surface area contributed by atoms with E-state index in [1.165, 1.54) is 37.0 Å². The molecule has 5 nitrogen and oxygen atoms in total. The number of nitrogens with two attached hydrogens (primary N) is 1. The van der Waals surface area contributed by atoms with E-state index in [9.17, 15) is 9.59 Å². The van der Waals surface area contributed by atoms with E-state index < -0.39 is 0 Å². The molecule has 0 bridgehead atoms. The van der Waals surface area contributed by atoms with Crippen LogP contribution in [0, 0.1) is 5.92 Å². The van der Waals surface area contributed by atoms with Crippen LogP contribution < -0.4 is 10.6 Å². The first-order valence-electron chi connectivity index (χ1n) is 10.0. The predicted octanol–water partition coefficient (Wildman–Crippen LogP) is 2.88. The maximum absolute atomic E-state index is 12.5. The summed E-state index contributed by atoms with van der Waals surface area (Å²) in [6.45, 7) is 4.83. The van der Waals surface area contributed by atoms with Gasteiger partial charge in [0.25, 0.3) is 5.91 Å². The van der Waals surface area contributed by atoms with Gasteiger partial charge < -0.3 is 15.4 Å². The van der Waals surface area contributed by atoms with Crippen LogP contribution in [-0.2, 0) is 22.4 Å². The van der Waals surface area contributed by atoms with Gasteiger partial charge in [0.1, 0.15) is 5.00 Å². The number of esters is 1. The Morgan fingerprint density at radius 2 is 2.00 bits per heavy atom. The monoisotopic (exact) mass is 379 g/mol. The summed E-state index contributed by atoms with van der Waals surface area (Å²) in [4.78, 5) is 26.2. The van der Waals surface area contributed by atoms with Crippen molar-refractivity contribution in [2.75, 3.05) is 18.5 Å². The molecule has 1 unspecified atom stereocenters.